The lowest BCUT2D eigenvalue weighted by molar-refractivity contribution is -0.124. The predicted molar refractivity (Wildman–Crippen MR) is 57.8 cm³/mol. The Morgan fingerprint density at radius 3 is 2.43 bits per heavy atom. The third-order valence-electron chi connectivity index (χ3n) is 3.27. The standard InChI is InChI=1S/C11H22N2O/c1-8(2)9(12)10(14)13-7-11(3)5-4-6-11/h8-9H,4-7,12H2,1-3H3,(H,13,14)/t9-/m1/s1. The molecule has 0 heterocycles. The summed E-state index contributed by atoms with van der Waals surface area (Å²) in [7, 11) is 0. The summed E-state index contributed by atoms with van der Waals surface area (Å²) in [5, 5.41) is 2.94. The Morgan fingerprint density at radius 2 is 2.07 bits per heavy atom. The van der Waals surface area contributed by atoms with Gasteiger partial charge in [0, 0.05) is 6.54 Å². The van der Waals surface area contributed by atoms with E-state index in [4.69, 9.17) is 5.73 Å². The first-order valence-corrected chi connectivity index (χ1v) is 5.48. The third kappa shape index (κ3) is 2.71. The van der Waals surface area contributed by atoms with Gasteiger partial charge >= 0.3 is 0 Å². The largest absolute Gasteiger partial charge is 0.354 e. The molecule has 3 N–H and O–H groups in total. The summed E-state index contributed by atoms with van der Waals surface area (Å²) in [4.78, 5) is 11.5. The molecule has 0 saturated heterocycles. The third-order valence-corrected chi connectivity index (χ3v) is 3.27. The van der Waals surface area contributed by atoms with Gasteiger partial charge in [-0.1, -0.05) is 27.2 Å². The van der Waals surface area contributed by atoms with Gasteiger partial charge in [-0.05, 0) is 24.2 Å². The molecule has 14 heavy (non-hydrogen) atoms. The van der Waals surface area contributed by atoms with E-state index in [0.717, 1.165) is 6.54 Å². The summed E-state index contributed by atoms with van der Waals surface area (Å²) in [6.45, 7) is 6.94. The highest BCUT2D eigenvalue weighted by Gasteiger charge is 2.32. The molecule has 0 bridgehead atoms. The molecule has 1 atom stereocenters. The van der Waals surface area contributed by atoms with Crippen LogP contribution in [0.25, 0.3) is 0 Å². The zero-order valence-corrected chi connectivity index (χ0v) is 9.47. The van der Waals surface area contributed by atoms with Crippen LogP contribution in [0.5, 0.6) is 0 Å². The maximum absolute atomic E-state index is 11.5. The Balaban J connectivity index is 2.27. The summed E-state index contributed by atoms with van der Waals surface area (Å²) in [5.41, 5.74) is 6.08. The van der Waals surface area contributed by atoms with Crippen LogP contribution in [0, 0.1) is 11.3 Å². The fourth-order valence-electron chi connectivity index (χ4n) is 1.68. The molecule has 0 aliphatic heterocycles. The summed E-state index contributed by atoms with van der Waals surface area (Å²) in [5.74, 6) is 0.206. The highest BCUT2D eigenvalue weighted by atomic mass is 16.2. The molecule has 0 unspecified atom stereocenters. The van der Waals surface area contributed by atoms with Crippen molar-refractivity contribution in [2.45, 2.75) is 46.1 Å². The molecule has 0 aromatic carbocycles. The van der Waals surface area contributed by atoms with Crippen molar-refractivity contribution in [3.05, 3.63) is 0 Å². The Kier molecular flexibility index (Phi) is 3.53. The number of hydrogen-bond donors (Lipinski definition) is 2. The average molecular weight is 198 g/mol. The van der Waals surface area contributed by atoms with E-state index in [-0.39, 0.29) is 17.9 Å². The lowest BCUT2D eigenvalue weighted by atomic mass is 9.70. The minimum atomic E-state index is -0.362. The van der Waals surface area contributed by atoms with E-state index in [1.54, 1.807) is 0 Å². The maximum atomic E-state index is 11.5. The Hall–Kier alpha value is -0.570. The second kappa shape index (κ2) is 4.30. The second-order valence-corrected chi connectivity index (χ2v) is 5.15. The molecule has 0 radical (unpaired) electrons. The molecular weight excluding hydrogens is 176 g/mol. The van der Waals surface area contributed by atoms with Gasteiger partial charge in [-0.15, -0.1) is 0 Å². The highest BCUT2D eigenvalue weighted by Crippen LogP contribution is 2.39. The number of rotatable bonds is 4. The molecule has 1 rings (SSSR count). The molecule has 0 aromatic rings. The van der Waals surface area contributed by atoms with Crippen LogP contribution in [0.4, 0.5) is 0 Å². The molecule has 1 aliphatic carbocycles. The van der Waals surface area contributed by atoms with Gasteiger partial charge in [0.25, 0.3) is 0 Å². The highest BCUT2D eigenvalue weighted by molar-refractivity contribution is 5.81. The first-order valence-electron chi connectivity index (χ1n) is 5.48. The Morgan fingerprint density at radius 1 is 1.50 bits per heavy atom. The first-order chi connectivity index (χ1) is 6.44. The van der Waals surface area contributed by atoms with Crippen LogP contribution in [0.15, 0.2) is 0 Å². The van der Waals surface area contributed by atoms with Gasteiger partial charge < -0.3 is 11.1 Å². The van der Waals surface area contributed by atoms with E-state index in [0.29, 0.717) is 5.41 Å². The van der Waals surface area contributed by atoms with Crippen LogP contribution in [0.2, 0.25) is 0 Å². The van der Waals surface area contributed by atoms with E-state index in [1.807, 2.05) is 13.8 Å². The average Bonchev–Trinajstić information content (AvgIpc) is 2.09. The lowest BCUT2D eigenvalue weighted by Crippen LogP contribution is -2.48. The van der Waals surface area contributed by atoms with Crippen molar-refractivity contribution < 1.29 is 4.79 Å². The number of nitrogens with one attached hydrogen (secondary N) is 1. The summed E-state index contributed by atoms with van der Waals surface area (Å²) < 4.78 is 0. The number of amides is 1. The monoisotopic (exact) mass is 198 g/mol. The second-order valence-electron chi connectivity index (χ2n) is 5.15. The topological polar surface area (TPSA) is 55.1 Å². The van der Waals surface area contributed by atoms with Crippen LogP contribution in [0.1, 0.15) is 40.0 Å². The number of nitrogens with two attached hydrogens (primary N) is 1. The molecule has 1 saturated carbocycles. The number of carbonyl (C=O) groups is 1. The van der Waals surface area contributed by atoms with E-state index in [9.17, 15) is 4.79 Å². The Labute approximate surface area is 86.4 Å². The van der Waals surface area contributed by atoms with Gasteiger partial charge in [0.1, 0.15) is 0 Å². The summed E-state index contributed by atoms with van der Waals surface area (Å²) in [6.07, 6.45) is 3.75. The molecule has 82 valence electrons. The van der Waals surface area contributed by atoms with Crippen molar-refractivity contribution in [2.75, 3.05) is 6.54 Å². The molecule has 0 spiro atoms. The van der Waals surface area contributed by atoms with Crippen LogP contribution in [0.3, 0.4) is 0 Å². The van der Waals surface area contributed by atoms with Crippen molar-refractivity contribution in [3.63, 3.8) is 0 Å². The van der Waals surface area contributed by atoms with Gasteiger partial charge in [-0.25, -0.2) is 0 Å². The van der Waals surface area contributed by atoms with Gasteiger partial charge in [-0.2, -0.15) is 0 Å². The van der Waals surface area contributed by atoms with Crippen molar-refractivity contribution in [3.8, 4) is 0 Å². The molecule has 3 heteroatoms. The lowest BCUT2D eigenvalue weighted by Gasteiger charge is -2.38. The smallest absolute Gasteiger partial charge is 0.237 e. The fourth-order valence-corrected chi connectivity index (χ4v) is 1.68. The summed E-state index contributed by atoms with van der Waals surface area (Å²) in [6, 6.07) is -0.362. The zero-order chi connectivity index (χ0) is 10.8. The Bertz CT molecular complexity index is 209. The van der Waals surface area contributed by atoms with Crippen LogP contribution in [-0.4, -0.2) is 18.5 Å². The van der Waals surface area contributed by atoms with E-state index < -0.39 is 0 Å². The van der Waals surface area contributed by atoms with Gasteiger partial charge in [0.05, 0.1) is 6.04 Å². The number of carbonyl (C=O) groups excluding carboxylic acids is 1. The van der Waals surface area contributed by atoms with Crippen molar-refractivity contribution in [1.29, 1.82) is 0 Å². The maximum Gasteiger partial charge on any atom is 0.237 e. The van der Waals surface area contributed by atoms with Gasteiger partial charge in [-0.3, -0.25) is 4.79 Å². The van der Waals surface area contributed by atoms with E-state index in [2.05, 4.69) is 12.2 Å². The van der Waals surface area contributed by atoms with Crippen molar-refractivity contribution in [2.24, 2.45) is 17.1 Å². The molecule has 1 aliphatic rings. The molecule has 1 amide bonds. The van der Waals surface area contributed by atoms with Crippen LogP contribution >= 0.6 is 0 Å². The predicted octanol–water partition coefficient (Wildman–Crippen LogP) is 1.28. The van der Waals surface area contributed by atoms with Crippen LogP contribution < -0.4 is 11.1 Å². The van der Waals surface area contributed by atoms with Crippen molar-refractivity contribution in [1.82, 2.24) is 5.32 Å². The zero-order valence-electron chi connectivity index (χ0n) is 9.47. The van der Waals surface area contributed by atoms with E-state index in [1.165, 1.54) is 19.3 Å². The molecular formula is C11H22N2O. The SMILES string of the molecule is CC(C)[C@@H](N)C(=O)NCC1(C)CCC1. The van der Waals surface area contributed by atoms with Gasteiger partial charge in [0.2, 0.25) is 5.91 Å². The number of hydrogen-bond acceptors (Lipinski definition) is 2. The molecule has 0 aromatic heterocycles. The first kappa shape index (κ1) is 11.5. The van der Waals surface area contributed by atoms with E-state index >= 15 is 0 Å². The normalized spacial score (nSPS) is 21.5. The minimum absolute atomic E-state index is 0.00637. The summed E-state index contributed by atoms with van der Waals surface area (Å²) >= 11 is 0. The molecule has 1 fully saturated rings. The minimum Gasteiger partial charge on any atom is -0.354 e. The molecule has 3 nitrogen and oxygen atoms in total. The van der Waals surface area contributed by atoms with Gasteiger partial charge in [0.15, 0.2) is 0 Å². The fraction of sp³-hybridized carbons (Fsp3) is 0.909. The van der Waals surface area contributed by atoms with Crippen LogP contribution in [-0.2, 0) is 4.79 Å². The quantitative estimate of drug-likeness (QED) is 0.715. The van der Waals surface area contributed by atoms with Crippen molar-refractivity contribution >= 4 is 5.91 Å².